The van der Waals surface area contributed by atoms with Crippen LogP contribution >= 0.6 is 11.6 Å². The van der Waals surface area contributed by atoms with Crippen LogP contribution in [0.2, 0.25) is 5.02 Å². The van der Waals surface area contributed by atoms with Crippen LogP contribution < -0.4 is 5.73 Å². The molecule has 0 saturated heterocycles. The van der Waals surface area contributed by atoms with Crippen molar-refractivity contribution in [3.05, 3.63) is 53.1 Å². The molecule has 0 unspecified atom stereocenters. The van der Waals surface area contributed by atoms with Gasteiger partial charge in [-0.05, 0) is 24.3 Å². The first-order chi connectivity index (χ1) is 9.08. The molecule has 6 heteroatoms. The number of para-hydroxylation sites is 1. The molecule has 0 atom stereocenters. The Morgan fingerprint density at radius 2 is 1.95 bits per heavy atom. The number of nitrogens with zero attached hydrogens (tertiary/aromatic N) is 2. The number of rotatable bonds is 1. The van der Waals surface area contributed by atoms with Crippen LogP contribution in [0.25, 0.3) is 16.7 Å². The average molecular weight is 280 g/mol. The van der Waals surface area contributed by atoms with E-state index in [1.807, 2.05) is 0 Å². The fourth-order valence-corrected chi connectivity index (χ4v) is 2.21. The second kappa shape index (κ2) is 4.20. The van der Waals surface area contributed by atoms with Crippen LogP contribution in [-0.2, 0) is 0 Å². The fraction of sp³-hybridized carbons (Fsp3) is 0. The highest BCUT2D eigenvalue weighted by Crippen LogP contribution is 2.29. The van der Waals surface area contributed by atoms with Crippen LogP contribution in [0.1, 0.15) is 0 Å². The summed E-state index contributed by atoms with van der Waals surface area (Å²) in [5.41, 5.74) is 6.96. The SMILES string of the molecule is Nc1nc2c(Cl)cccc2n1-c1ccc(F)cc1F. The lowest BCUT2D eigenvalue weighted by Gasteiger charge is -2.07. The van der Waals surface area contributed by atoms with Crippen LogP contribution in [0.3, 0.4) is 0 Å². The lowest BCUT2D eigenvalue weighted by atomic mass is 10.2. The number of fused-ring (bicyclic) bond motifs is 1. The molecule has 1 aromatic heterocycles. The van der Waals surface area contributed by atoms with Crippen molar-refractivity contribution < 1.29 is 8.78 Å². The van der Waals surface area contributed by atoms with Crippen molar-refractivity contribution >= 4 is 28.6 Å². The maximum atomic E-state index is 13.8. The largest absolute Gasteiger partial charge is 0.369 e. The highest BCUT2D eigenvalue weighted by molar-refractivity contribution is 6.35. The molecule has 19 heavy (non-hydrogen) atoms. The standard InChI is InChI=1S/C13H8ClF2N3/c14-8-2-1-3-11-12(8)18-13(17)19(11)10-5-4-7(15)6-9(10)16/h1-6H,(H2,17,18). The summed E-state index contributed by atoms with van der Waals surface area (Å²) in [6.07, 6.45) is 0. The second-order valence-corrected chi connectivity index (χ2v) is 4.42. The van der Waals surface area contributed by atoms with Crippen molar-refractivity contribution in [3.8, 4) is 5.69 Å². The number of hydrogen-bond donors (Lipinski definition) is 1. The van der Waals surface area contributed by atoms with E-state index in [9.17, 15) is 8.78 Å². The predicted molar refractivity (Wildman–Crippen MR) is 70.4 cm³/mol. The molecule has 2 aromatic carbocycles. The summed E-state index contributed by atoms with van der Waals surface area (Å²) in [4.78, 5) is 4.10. The van der Waals surface area contributed by atoms with E-state index in [1.165, 1.54) is 10.6 Å². The number of nitrogens with two attached hydrogens (primary N) is 1. The van der Waals surface area contributed by atoms with Gasteiger partial charge in [0.2, 0.25) is 5.95 Å². The van der Waals surface area contributed by atoms with Crippen molar-refractivity contribution in [3.63, 3.8) is 0 Å². The van der Waals surface area contributed by atoms with Crippen molar-refractivity contribution in [1.82, 2.24) is 9.55 Å². The van der Waals surface area contributed by atoms with Gasteiger partial charge in [0.1, 0.15) is 17.2 Å². The Bertz CT molecular complexity index is 783. The molecule has 0 bridgehead atoms. The third kappa shape index (κ3) is 1.82. The highest BCUT2D eigenvalue weighted by atomic mass is 35.5. The summed E-state index contributed by atoms with van der Waals surface area (Å²) in [5.74, 6) is -1.28. The number of imidazole rings is 1. The molecular weight excluding hydrogens is 272 g/mol. The van der Waals surface area contributed by atoms with Crippen molar-refractivity contribution in [2.75, 3.05) is 5.73 Å². The molecule has 0 saturated carbocycles. The molecule has 0 spiro atoms. The Hall–Kier alpha value is -2.14. The quantitative estimate of drug-likeness (QED) is 0.740. The molecule has 0 aliphatic carbocycles. The molecular formula is C13H8ClF2N3. The number of anilines is 1. The zero-order valence-corrected chi connectivity index (χ0v) is 10.3. The van der Waals surface area contributed by atoms with E-state index in [1.54, 1.807) is 18.2 Å². The molecule has 0 radical (unpaired) electrons. The molecule has 0 amide bonds. The first kappa shape index (κ1) is 11.9. The Kier molecular flexibility index (Phi) is 2.64. The predicted octanol–water partition coefficient (Wildman–Crippen LogP) is 3.54. The molecule has 0 aliphatic rings. The first-order valence-corrected chi connectivity index (χ1v) is 5.83. The van der Waals surface area contributed by atoms with Gasteiger partial charge in [-0.15, -0.1) is 0 Å². The zero-order chi connectivity index (χ0) is 13.6. The lowest BCUT2D eigenvalue weighted by Crippen LogP contribution is -2.03. The van der Waals surface area contributed by atoms with Crippen molar-refractivity contribution in [1.29, 1.82) is 0 Å². The highest BCUT2D eigenvalue weighted by Gasteiger charge is 2.15. The molecule has 0 fully saturated rings. The van der Waals surface area contributed by atoms with Crippen LogP contribution in [0.5, 0.6) is 0 Å². The fourth-order valence-electron chi connectivity index (χ4n) is 2.00. The molecule has 0 aliphatic heterocycles. The Morgan fingerprint density at radius 1 is 1.16 bits per heavy atom. The summed E-state index contributed by atoms with van der Waals surface area (Å²) >= 11 is 6.01. The minimum atomic E-state index is -0.717. The number of benzene rings is 2. The minimum Gasteiger partial charge on any atom is -0.369 e. The first-order valence-electron chi connectivity index (χ1n) is 5.46. The third-order valence-electron chi connectivity index (χ3n) is 2.81. The Balaban J connectivity index is 2.36. The van der Waals surface area contributed by atoms with Gasteiger partial charge in [0, 0.05) is 6.07 Å². The van der Waals surface area contributed by atoms with Crippen molar-refractivity contribution in [2.24, 2.45) is 0 Å². The topological polar surface area (TPSA) is 43.8 Å². The van der Waals surface area contributed by atoms with E-state index in [4.69, 9.17) is 17.3 Å². The zero-order valence-electron chi connectivity index (χ0n) is 9.57. The van der Waals surface area contributed by atoms with Crippen molar-refractivity contribution in [2.45, 2.75) is 0 Å². The van der Waals surface area contributed by atoms with Crippen LogP contribution in [0.4, 0.5) is 14.7 Å². The Morgan fingerprint density at radius 3 is 2.68 bits per heavy atom. The minimum absolute atomic E-state index is 0.0913. The number of halogens is 3. The van der Waals surface area contributed by atoms with Gasteiger partial charge in [0.15, 0.2) is 0 Å². The summed E-state index contributed by atoms with van der Waals surface area (Å²) in [5, 5.41) is 0.422. The summed E-state index contributed by atoms with van der Waals surface area (Å²) in [7, 11) is 0. The van der Waals surface area contributed by atoms with Gasteiger partial charge in [-0.2, -0.15) is 0 Å². The maximum Gasteiger partial charge on any atom is 0.206 e. The molecule has 3 nitrogen and oxygen atoms in total. The van der Waals surface area contributed by atoms with Gasteiger partial charge in [0.25, 0.3) is 0 Å². The number of aromatic nitrogens is 2. The van der Waals surface area contributed by atoms with Crippen LogP contribution in [0, 0.1) is 11.6 Å². The smallest absolute Gasteiger partial charge is 0.206 e. The molecule has 3 aromatic rings. The van der Waals surface area contributed by atoms with E-state index >= 15 is 0 Å². The second-order valence-electron chi connectivity index (χ2n) is 4.01. The van der Waals surface area contributed by atoms with Crippen LogP contribution in [0.15, 0.2) is 36.4 Å². The summed E-state index contributed by atoms with van der Waals surface area (Å²) < 4.78 is 28.2. The molecule has 96 valence electrons. The van der Waals surface area contributed by atoms with E-state index < -0.39 is 11.6 Å². The normalized spacial score (nSPS) is 11.1. The third-order valence-corrected chi connectivity index (χ3v) is 3.12. The molecule has 2 N–H and O–H groups in total. The molecule has 3 rings (SSSR count). The number of hydrogen-bond acceptors (Lipinski definition) is 2. The summed E-state index contributed by atoms with van der Waals surface area (Å²) in [6, 6.07) is 8.36. The summed E-state index contributed by atoms with van der Waals surface area (Å²) in [6.45, 7) is 0. The van der Waals surface area contributed by atoms with Gasteiger partial charge in [-0.1, -0.05) is 17.7 Å². The van der Waals surface area contributed by atoms with Crippen LogP contribution in [-0.4, -0.2) is 9.55 Å². The Labute approximate surface area is 112 Å². The van der Waals surface area contributed by atoms with Gasteiger partial charge in [0.05, 0.1) is 16.2 Å². The lowest BCUT2D eigenvalue weighted by molar-refractivity contribution is 0.579. The van der Waals surface area contributed by atoms with Gasteiger partial charge >= 0.3 is 0 Å². The van der Waals surface area contributed by atoms with E-state index in [2.05, 4.69) is 4.98 Å². The maximum absolute atomic E-state index is 13.8. The van der Waals surface area contributed by atoms with E-state index in [0.29, 0.717) is 16.1 Å². The molecule has 1 heterocycles. The van der Waals surface area contributed by atoms with Gasteiger partial charge < -0.3 is 5.73 Å². The number of nitrogen functional groups attached to an aromatic ring is 1. The van der Waals surface area contributed by atoms with Gasteiger partial charge in [-0.25, -0.2) is 13.8 Å². The monoisotopic (exact) mass is 279 g/mol. The van der Waals surface area contributed by atoms with E-state index in [-0.39, 0.29) is 11.6 Å². The van der Waals surface area contributed by atoms with E-state index in [0.717, 1.165) is 12.1 Å². The average Bonchev–Trinajstić information content (AvgIpc) is 2.68. The van der Waals surface area contributed by atoms with Gasteiger partial charge in [-0.3, -0.25) is 4.57 Å².